The van der Waals surface area contributed by atoms with Crippen LogP contribution in [-0.4, -0.2) is 24.5 Å². The van der Waals surface area contributed by atoms with Gasteiger partial charge in [0.2, 0.25) is 0 Å². The molecule has 2 rings (SSSR count). The lowest BCUT2D eigenvalue weighted by Gasteiger charge is -2.37. The predicted octanol–water partition coefficient (Wildman–Crippen LogP) is 2.70. The zero-order valence-electron chi connectivity index (χ0n) is 10.7. The molecule has 0 spiro atoms. The molecule has 2 atom stereocenters. The molecule has 100 valence electrons. The molecule has 1 aliphatic rings. The Balaban J connectivity index is 2.24. The van der Waals surface area contributed by atoms with Crippen LogP contribution in [0.1, 0.15) is 31.4 Å². The van der Waals surface area contributed by atoms with Gasteiger partial charge in [-0.15, -0.1) is 0 Å². The minimum absolute atomic E-state index is 0.219. The molecular weight excluding hydrogens is 234 g/mol. The number of nitrogens with zero attached hydrogens (tertiary/aromatic N) is 1. The van der Waals surface area contributed by atoms with Crippen molar-refractivity contribution in [3.8, 4) is 0 Å². The summed E-state index contributed by atoms with van der Waals surface area (Å²) in [6.45, 7) is 4.30. The number of benzene rings is 1. The molecule has 18 heavy (non-hydrogen) atoms. The van der Waals surface area contributed by atoms with Crippen molar-refractivity contribution in [3.05, 3.63) is 35.4 Å². The highest BCUT2D eigenvalue weighted by molar-refractivity contribution is 5.23. The SMILES string of the molecule is CC1CCCN(C(CN)c2cccc(F)c2F)C1. The molecule has 0 radical (unpaired) electrons. The highest BCUT2D eigenvalue weighted by atomic mass is 19.2. The molecule has 1 fully saturated rings. The van der Waals surface area contributed by atoms with Gasteiger partial charge in [0, 0.05) is 18.7 Å². The number of rotatable bonds is 3. The summed E-state index contributed by atoms with van der Waals surface area (Å²) in [6, 6.07) is 4.10. The molecule has 0 amide bonds. The molecule has 4 heteroatoms. The average Bonchev–Trinajstić information content (AvgIpc) is 2.35. The quantitative estimate of drug-likeness (QED) is 0.898. The van der Waals surface area contributed by atoms with Crippen LogP contribution >= 0.6 is 0 Å². The first kappa shape index (κ1) is 13.4. The predicted molar refractivity (Wildman–Crippen MR) is 68.1 cm³/mol. The van der Waals surface area contributed by atoms with E-state index in [9.17, 15) is 8.78 Å². The number of nitrogens with two attached hydrogens (primary N) is 1. The van der Waals surface area contributed by atoms with Crippen LogP contribution in [-0.2, 0) is 0 Å². The van der Waals surface area contributed by atoms with E-state index in [1.165, 1.54) is 6.42 Å². The van der Waals surface area contributed by atoms with Gasteiger partial charge >= 0.3 is 0 Å². The van der Waals surface area contributed by atoms with Gasteiger partial charge in [-0.2, -0.15) is 0 Å². The Kier molecular flexibility index (Phi) is 4.30. The van der Waals surface area contributed by atoms with E-state index >= 15 is 0 Å². The number of hydrogen-bond acceptors (Lipinski definition) is 2. The molecule has 2 N–H and O–H groups in total. The summed E-state index contributed by atoms with van der Waals surface area (Å²) in [4.78, 5) is 2.17. The highest BCUT2D eigenvalue weighted by Gasteiger charge is 2.26. The van der Waals surface area contributed by atoms with Gasteiger partial charge in [0.05, 0.1) is 6.04 Å². The van der Waals surface area contributed by atoms with Crippen molar-refractivity contribution < 1.29 is 8.78 Å². The van der Waals surface area contributed by atoms with Gasteiger partial charge in [0.1, 0.15) is 0 Å². The van der Waals surface area contributed by atoms with Gasteiger partial charge in [0.15, 0.2) is 11.6 Å². The van der Waals surface area contributed by atoms with Gasteiger partial charge in [-0.3, -0.25) is 4.90 Å². The number of piperidine rings is 1. The van der Waals surface area contributed by atoms with E-state index in [2.05, 4.69) is 11.8 Å². The smallest absolute Gasteiger partial charge is 0.163 e. The van der Waals surface area contributed by atoms with Crippen LogP contribution in [0, 0.1) is 17.6 Å². The Labute approximate surface area is 107 Å². The summed E-state index contributed by atoms with van der Waals surface area (Å²) < 4.78 is 27.1. The van der Waals surface area contributed by atoms with E-state index in [1.54, 1.807) is 12.1 Å². The van der Waals surface area contributed by atoms with Gasteiger partial charge in [-0.25, -0.2) is 8.78 Å². The maximum atomic E-state index is 13.8. The molecular formula is C14H20F2N2. The third kappa shape index (κ3) is 2.70. The third-order valence-electron chi connectivity index (χ3n) is 3.69. The van der Waals surface area contributed by atoms with Crippen molar-refractivity contribution in [2.45, 2.75) is 25.8 Å². The summed E-state index contributed by atoms with van der Waals surface area (Å²) in [5.74, 6) is -0.966. The van der Waals surface area contributed by atoms with Crippen LogP contribution in [0.25, 0.3) is 0 Å². The van der Waals surface area contributed by atoms with Crippen molar-refractivity contribution in [1.29, 1.82) is 0 Å². The summed E-state index contributed by atoms with van der Waals surface area (Å²) in [7, 11) is 0. The Morgan fingerprint density at radius 1 is 1.44 bits per heavy atom. The lowest BCUT2D eigenvalue weighted by molar-refractivity contribution is 0.130. The Morgan fingerprint density at radius 3 is 2.89 bits per heavy atom. The Hall–Kier alpha value is -1.00. The maximum Gasteiger partial charge on any atom is 0.163 e. The lowest BCUT2D eigenvalue weighted by atomic mass is 9.96. The number of halogens is 2. The maximum absolute atomic E-state index is 13.8. The number of likely N-dealkylation sites (tertiary alicyclic amines) is 1. The van der Waals surface area contributed by atoms with Crippen LogP contribution in [0.3, 0.4) is 0 Å². The van der Waals surface area contributed by atoms with Crippen molar-refractivity contribution in [1.82, 2.24) is 4.90 Å². The van der Waals surface area contributed by atoms with Crippen molar-refractivity contribution >= 4 is 0 Å². The van der Waals surface area contributed by atoms with Gasteiger partial charge in [-0.05, 0) is 31.4 Å². The van der Waals surface area contributed by atoms with Crippen molar-refractivity contribution in [3.63, 3.8) is 0 Å². The molecule has 2 nitrogen and oxygen atoms in total. The molecule has 1 saturated heterocycles. The van der Waals surface area contributed by atoms with E-state index in [0.29, 0.717) is 18.0 Å². The average molecular weight is 254 g/mol. The summed E-state index contributed by atoms with van der Waals surface area (Å²) in [5, 5.41) is 0. The van der Waals surface area contributed by atoms with E-state index in [-0.39, 0.29) is 6.04 Å². The van der Waals surface area contributed by atoms with Crippen molar-refractivity contribution in [2.75, 3.05) is 19.6 Å². The van der Waals surface area contributed by atoms with Crippen LogP contribution in [0.5, 0.6) is 0 Å². The first-order chi connectivity index (χ1) is 8.63. The largest absolute Gasteiger partial charge is 0.329 e. The fourth-order valence-corrected chi connectivity index (χ4v) is 2.76. The van der Waals surface area contributed by atoms with Gasteiger partial charge < -0.3 is 5.73 Å². The first-order valence-corrected chi connectivity index (χ1v) is 6.51. The molecule has 0 aromatic heterocycles. The minimum Gasteiger partial charge on any atom is -0.329 e. The monoisotopic (exact) mass is 254 g/mol. The molecule has 1 aromatic rings. The molecule has 2 unspecified atom stereocenters. The van der Waals surface area contributed by atoms with Crippen LogP contribution in [0.4, 0.5) is 8.78 Å². The first-order valence-electron chi connectivity index (χ1n) is 6.51. The molecule has 1 heterocycles. The van der Waals surface area contributed by atoms with Gasteiger partial charge in [-0.1, -0.05) is 19.1 Å². The van der Waals surface area contributed by atoms with Crippen LogP contribution < -0.4 is 5.73 Å². The normalized spacial score (nSPS) is 23.0. The number of hydrogen-bond donors (Lipinski definition) is 1. The van der Waals surface area contributed by atoms with Crippen LogP contribution in [0.2, 0.25) is 0 Å². The standard InChI is InChI=1S/C14H20F2N2/c1-10-4-3-7-18(9-10)13(8-17)11-5-2-6-12(15)14(11)16/h2,5-6,10,13H,3-4,7-9,17H2,1H3. The topological polar surface area (TPSA) is 29.3 Å². The molecule has 0 bridgehead atoms. The zero-order chi connectivity index (χ0) is 13.1. The molecule has 0 aliphatic carbocycles. The molecule has 0 saturated carbocycles. The summed E-state index contributed by atoms with van der Waals surface area (Å²) in [5.41, 5.74) is 6.15. The summed E-state index contributed by atoms with van der Waals surface area (Å²) >= 11 is 0. The van der Waals surface area contributed by atoms with Gasteiger partial charge in [0.25, 0.3) is 0 Å². The van der Waals surface area contributed by atoms with E-state index in [0.717, 1.165) is 25.6 Å². The Bertz CT molecular complexity index is 409. The second-order valence-corrected chi connectivity index (χ2v) is 5.14. The van der Waals surface area contributed by atoms with Crippen LogP contribution in [0.15, 0.2) is 18.2 Å². The summed E-state index contributed by atoms with van der Waals surface area (Å²) in [6.07, 6.45) is 2.29. The lowest BCUT2D eigenvalue weighted by Crippen LogP contribution is -2.40. The second-order valence-electron chi connectivity index (χ2n) is 5.14. The van der Waals surface area contributed by atoms with Crippen molar-refractivity contribution in [2.24, 2.45) is 11.7 Å². The molecule has 1 aromatic carbocycles. The second kappa shape index (κ2) is 5.76. The van der Waals surface area contributed by atoms with E-state index in [1.807, 2.05) is 0 Å². The zero-order valence-corrected chi connectivity index (χ0v) is 10.7. The Morgan fingerprint density at radius 2 is 2.22 bits per heavy atom. The highest BCUT2D eigenvalue weighted by Crippen LogP contribution is 2.28. The van der Waals surface area contributed by atoms with E-state index < -0.39 is 11.6 Å². The third-order valence-corrected chi connectivity index (χ3v) is 3.69. The van der Waals surface area contributed by atoms with E-state index in [4.69, 9.17) is 5.73 Å². The fraction of sp³-hybridized carbons (Fsp3) is 0.571. The minimum atomic E-state index is -0.795. The fourth-order valence-electron chi connectivity index (χ4n) is 2.76. The molecule has 1 aliphatic heterocycles.